The van der Waals surface area contributed by atoms with Gasteiger partial charge in [0.05, 0.1) is 6.26 Å². The van der Waals surface area contributed by atoms with Crippen LogP contribution < -0.4 is 0 Å². The Morgan fingerprint density at radius 2 is 2.45 bits per heavy atom. The van der Waals surface area contributed by atoms with Gasteiger partial charge in [-0.05, 0) is 12.1 Å². The average molecular weight is 212 g/mol. The lowest BCUT2D eigenvalue weighted by atomic mass is 10.2. The van der Waals surface area contributed by atoms with Gasteiger partial charge in [-0.3, -0.25) is 0 Å². The molecule has 0 radical (unpaired) electrons. The number of furan rings is 1. The Hall–Kier alpha value is -0.830. The molecule has 0 aliphatic rings. The summed E-state index contributed by atoms with van der Waals surface area (Å²) in [5.41, 5.74) is 1.86. The molecule has 0 N–H and O–H groups in total. The fourth-order valence-corrected chi connectivity index (χ4v) is 1.46. The molecule has 0 amide bonds. The van der Waals surface area contributed by atoms with E-state index in [0.717, 1.165) is 16.3 Å². The number of hydrogen-bond donors (Lipinski definition) is 0. The lowest BCUT2D eigenvalue weighted by molar-refractivity contribution is 0.600. The molecule has 2 heterocycles. The molecule has 0 bridgehead atoms. The number of aromatic nitrogens is 1. The molecular weight excluding hydrogens is 206 g/mol. The highest BCUT2D eigenvalue weighted by Crippen LogP contribution is 2.20. The lowest BCUT2D eigenvalue weighted by Crippen LogP contribution is -1.73. The van der Waals surface area contributed by atoms with Gasteiger partial charge in [-0.15, -0.1) is 0 Å². The van der Waals surface area contributed by atoms with Gasteiger partial charge in [-0.25, -0.2) is 4.98 Å². The minimum Gasteiger partial charge on any atom is -0.446 e. The highest BCUT2D eigenvalue weighted by atomic mass is 79.9. The van der Waals surface area contributed by atoms with E-state index < -0.39 is 0 Å². The summed E-state index contributed by atoms with van der Waals surface area (Å²) in [6.45, 7) is 0. The smallest absolute Gasteiger partial charge is 0.226 e. The Bertz CT molecular complexity index is 369. The van der Waals surface area contributed by atoms with Crippen molar-refractivity contribution in [2.45, 2.75) is 5.33 Å². The summed E-state index contributed by atoms with van der Waals surface area (Å²) >= 11 is 3.37. The van der Waals surface area contributed by atoms with Crippen LogP contribution >= 0.6 is 15.9 Å². The van der Waals surface area contributed by atoms with Gasteiger partial charge >= 0.3 is 0 Å². The second-order valence-electron chi connectivity index (χ2n) is 2.25. The molecule has 3 heteroatoms. The third-order valence-corrected chi connectivity index (χ3v) is 2.18. The summed E-state index contributed by atoms with van der Waals surface area (Å²) < 4.78 is 5.20. The summed E-state index contributed by atoms with van der Waals surface area (Å²) in [6, 6.07) is 3.91. The normalized spacial score (nSPS) is 10.6. The second kappa shape index (κ2) is 2.66. The van der Waals surface area contributed by atoms with Crippen LogP contribution in [0.4, 0.5) is 0 Å². The summed E-state index contributed by atoms with van der Waals surface area (Å²) in [5, 5.41) is 1.90. The molecule has 0 saturated heterocycles. The van der Waals surface area contributed by atoms with E-state index >= 15 is 0 Å². The average Bonchev–Trinajstić information content (AvgIpc) is 2.47. The first-order chi connectivity index (χ1) is 5.42. The van der Waals surface area contributed by atoms with Gasteiger partial charge in [0, 0.05) is 22.5 Å². The Morgan fingerprint density at radius 3 is 3.27 bits per heavy atom. The summed E-state index contributed by atoms with van der Waals surface area (Å²) in [4.78, 5) is 4.06. The van der Waals surface area contributed by atoms with Gasteiger partial charge in [-0.1, -0.05) is 15.9 Å². The number of hydrogen-bond acceptors (Lipinski definition) is 2. The van der Waals surface area contributed by atoms with Crippen LogP contribution in [0.2, 0.25) is 0 Å². The Labute approximate surface area is 72.4 Å². The number of rotatable bonds is 1. The topological polar surface area (TPSA) is 26.0 Å². The number of nitrogens with zero attached hydrogens (tertiary/aromatic N) is 1. The van der Waals surface area contributed by atoms with Crippen molar-refractivity contribution in [3.05, 3.63) is 30.2 Å². The molecule has 11 heavy (non-hydrogen) atoms. The molecule has 0 atom stereocenters. The molecule has 0 fully saturated rings. The number of pyridine rings is 1. The minimum absolute atomic E-state index is 0.710. The molecule has 0 aliphatic heterocycles. The number of halogens is 1. The maximum atomic E-state index is 5.20. The van der Waals surface area contributed by atoms with Crippen LogP contribution in [0.1, 0.15) is 5.56 Å². The minimum atomic E-state index is 0.710. The third kappa shape index (κ3) is 1.05. The highest BCUT2D eigenvalue weighted by molar-refractivity contribution is 9.08. The van der Waals surface area contributed by atoms with Gasteiger partial charge in [0.15, 0.2) is 0 Å². The molecule has 0 saturated carbocycles. The zero-order valence-electron chi connectivity index (χ0n) is 5.75. The van der Waals surface area contributed by atoms with Gasteiger partial charge in [-0.2, -0.15) is 0 Å². The predicted octanol–water partition coefficient (Wildman–Crippen LogP) is 2.72. The number of alkyl halides is 1. The molecule has 2 aromatic rings. The Balaban J connectivity index is 2.76. The van der Waals surface area contributed by atoms with Crippen molar-refractivity contribution in [3.8, 4) is 0 Å². The number of fused-ring (bicyclic) bond motifs is 1. The van der Waals surface area contributed by atoms with Gasteiger partial charge in [0.1, 0.15) is 0 Å². The van der Waals surface area contributed by atoms with E-state index in [1.165, 1.54) is 0 Å². The molecule has 2 rings (SSSR count). The van der Waals surface area contributed by atoms with E-state index in [0.29, 0.717) is 5.71 Å². The van der Waals surface area contributed by atoms with Crippen LogP contribution in [0.15, 0.2) is 29.0 Å². The van der Waals surface area contributed by atoms with Crippen LogP contribution in [-0.2, 0) is 5.33 Å². The van der Waals surface area contributed by atoms with Gasteiger partial charge in [0.25, 0.3) is 0 Å². The van der Waals surface area contributed by atoms with Crippen molar-refractivity contribution in [2.24, 2.45) is 0 Å². The maximum Gasteiger partial charge on any atom is 0.226 e. The molecule has 0 spiro atoms. The summed E-state index contributed by atoms with van der Waals surface area (Å²) in [5.74, 6) is 0. The van der Waals surface area contributed by atoms with Crippen molar-refractivity contribution in [2.75, 3.05) is 0 Å². The van der Waals surface area contributed by atoms with Crippen LogP contribution in [0.25, 0.3) is 11.1 Å². The van der Waals surface area contributed by atoms with Crippen LogP contribution in [-0.4, -0.2) is 4.98 Å². The molecule has 2 nitrogen and oxygen atoms in total. The van der Waals surface area contributed by atoms with Crippen molar-refractivity contribution in [1.82, 2.24) is 4.98 Å². The Kier molecular flexibility index (Phi) is 1.66. The molecule has 0 unspecified atom stereocenters. The van der Waals surface area contributed by atoms with Crippen LogP contribution in [0, 0.1) is 0 Å². The summed E-state index contributed by atoms with van der Waals surface area (Å²) in [7, 11) is 0. The third-order valence-electron chi connectivity index (χ3n) is 1.57. The van der Waals surface area contributed by atoms with E-state index in [2.05, 4.69) is 20.9 Å². The van der Waals surface area contributed by atoms with E-state index in [4.69, 9.17) is 4.42 Å². The van der Waals surface area contributed by atoms with Gasteiger partial charge < -0.3 is 4.42 Å². The van der Waals surface area contributed by atoms with Crippen molar-refractivity contribution in [1.29, 1.82) is 0 Å². The monoisotopic (exact) mass is 211 g/mol. The molecule has 0 aromatic carbocycles. The maximum absolute atomic E-state index is 5.20. The quantitative estimate of drug-likeness (QED) is 0.679. The molecule has 2 aromatic heterocycles. The van der Waals surface area contributed by atoms with E-state index in [1.807, 2.05) is 12.1 Å². The largest absolute Gasteiger partial charge is 0.446 e. The predicted molar refractivity (Wildman–Crippen MR) is 46.6 cm³/mol. The fraction of sp³-hybridized carbons (Fsp3) is 0.125. The standard InChI is InChI=1S/C8H6BrNO/c9-4-6-5-11-8-7(6)2-1-3-10-8/h1-3,5H,4H2. The zero-order valence-corrected chi connectivity index (χ0v) is 7.34. The SMILES string of the molecule is BrCc1coc2ncccc12. The molecule has 0 aliphatic carbocycles. The Morgan fingerprint density at radius 1 is 1.55 bits per heavy atom. The summed E-state index contributed by atoms with van der Waals surface area (Å²) in [6.07, 6.45) is 3.45. The molecule has 56 valence electrons. The van der Waals surface area contributed by atoms with E-state index in [-0.39, 0.29) is 0 Å². The van der Waals surface area contributed by atoms with Crippen molar-refractivity contribution in [3.63, 3.8) is 0 Å². The van der Waals surface area contributed by atoms with Crippen molar-refractivity contribution >= 4 is 27.0 Å². The first-order valence-corrected chi connectivity index (χ1v) is 4.41. The fourth-order valence-electron chi connectivity index (χ4n) is 1.02. The zero-order chi connectivity index (χ0) is 7.68. The van der Waals surface area contributed by atoms with E-state index in [1.54, 1.807) is 12.5 Å². The van der Waals surface area contributed by atoms with Crippen molar-refractivity contribution < 1.29 is 4.42 Å². The lowest BCUT2D eigenvalue weighted by Gasteiger charge is -1.86. The van der Waals surface area contributed by atoms with E-state index in [9.17, 15) is 0 Å². The highest BCUT2D eigenvalue weighted by Gasteiger charge is 2.02. The first kappa shape index (κ1) is 6.85. The van der Waals surface area contributed by atoms with Crippen LogP contribution in [0.3, 0.4) is 0 Å². The van der Waals surface area contributed by atoms with Crippen LogP contribution in [0.5, 0.6) is 0 Å². The first-order valence-electron chi connectivity index (χ1n) is 3.29. The molecular formula is C8H6BrNO. The van der Waals surface area contributed by atoms with Gasteiger partial charge in [0.2, 0.25) is 5.71 Å². The second-order valence-corrected chi connectivity index (χ2v) is 2.81.